The first-order valence-corrected chi connectivity index (χ1v) is 9.76. The molecule has 2 aliphatic rings. The van der Waals surface area contributed by atoms with E-state index in [4.69, 9.17) is 5.10 Å². The largest absolute Gasteiger partial charge is 0.515 e. The number of fused-ring (bicyclic) bond motifs is 3. The summed E-state index contributed by atoms with van der Waals surface area (Å²) in [5, 5.41) is 14.7. The zero-order valence-corrected chi connectivity index (χ0v) is 16.6. The van der Waals surface area contributed by atoms with Gasteiger partial charge in [0.25, 0.3) is 0 Å². The number of Topliss-reactive ketones (excluding diaryl/α,β-unsaturated/α-hetero) is 1. The molecule has 1 saturated carbocycles. The van der Waals surface area contributed by atoms with Crippen LogP contribution in [-0.2, 0) is 30.1 Å². The second kappa shape index (κ2) is 6.08. The predicted octanol–water partition coefficient (Wildman–Crippen LogP) is 4.27. The van der Waals surface area contributed by atoms with Crippen LogP contribution in [0.2, 0.25) is 0 Å². The summed E-state index contributed by atoms with van der Waals surface area (Å²) in [5.41, 5.74) is 4.81. The summed E-state index contributed by atoms with van der Waals surface area (Å²) in [7, 11) is 2.02. The van der Waals surface area contributed by atoms with Crippen LogP contribution >= 0.6 is 0 Å². The molecule has 0 radical (unpaired) electrons. The van der Waals surface area contributed by atoms with E-state index >= 15 is 0 Å². The van der Waals surface area contributed by atoms with Gasteiger partial charge in [0.2, 0.25) is 0 Å². The molecule has 4 nitrogen and oxygen atoms in total. The van der Waals surface area contributed by atoms with Crippen molar-refractivity contribution in [1.82, 2.24) is 9.78 Å². The molecule has 0 aliphatic heterocycles. The Labute approximate surface area is 160 Å². The van der Waals surface area contributed by atoms with Crippen molar-refractivity contribution in [2.45, 2.75) is 51.9 Å². The number of allylic oxidation sites excluding steroid dienone is 1. The highest BCUT2D eigenvalue weighted by atomic mass is 16.2. The lowest BCUT2D eigenvalue weighted by molar-refractivity contribution is -0.131. The van der Waals surface area contributed by atoms with Crippen molar-refractivity contribution in [3.8, 4) is 0 Å². The number of aromatic nitrogens is 2. The normalized spacial score (nSPS) is 28.1. The molecule has 0 saturated heterocycles. The molecule has 4 heteroatoms. The van der Waals surface area contributed by atoms with Crippen LogP contribution in [0.1, 0.15) is 56.1 Å². The maximum atomic E-state index is 12.8. The van der Waals surface area contributed by atoms with Gasteiger partial charge in [-0.15, -0.1) is 0 Å². The number of rotatable bonds is 2. The van der Waals surface area contributed by atoms with Crippen LogP contribution in [0.15, 0.2) is 42.2 Å². The highest BCUT2D eigenvalue weighted by molar-refractivity contribution is 6.01. The van der Waals surface area contributed by atoms with E-state index in [1.807, 2.05) is 31.6 Å². The monoisotopic (exact) mass is 364 g/mol. The van der Waals surface area contributed by atoms with Gasteiger partial charge in [0.05, 0.1) is 12.0 Å². The first-order valence-electron chi connectivity index (χ1n) is 9.76. The molecule has 0 bridgehead atoms. The Hall–Kier alpha value is -2.36. The molecule has 0 spiro atoms. The van der Waals surface area contributed by atoms with E-state index in [-0.39, 0.29) is 17.1 Å². The van der Waals surface area contributed by atoms with Crippen molar-refractivity contribution in [2.24, 2.45) is 18.4 Å². The van der Waals surface area contributed by atoms with Gasteiger partial charge >= 0.3 is 0 Å². The summed E-state index contributed by atoms with van der Waals surface area (Å²) < 4.78 is 2.02. The number of aliphatic hydroxyl groups is 1. The molecule has 1 N–H and O–H groups in total. The second-order valence-electron chi connectivity index (χ2n) is 8.95. The lowest BCUT2D eigenvalue weighted by atomic mass is 9.50. The maximum Gasteiger partial charge on any atom is 0.167 e. The van der Waals surface area contributed by atoms with Crippen LogP contribution in [0.25, 0.3) is 0 Å². The topological polar surface area (TPSA) is 55.1 Å². The quantitative estimate of drug-likeness (QED) is 0.639. The summed E-state index contributed by atoms with van der Waals surface area (Å²) in [5.74, 6) is 0.310. The van der Waals surface area contributed by atoms with Crippen LogP contribution in [0.4, 0.5) is 0 Å². The van der Waals surface area contributed by atoms with Crippen molar-refractivity contribution in [1.29, 1.82) is 0 Å². The molecule has 4 rings (SSSR count). The van der Waals surface area contributed by atoms with Crippen molar-refractivity contribution in [3.63, 3.8) is 0 Å². The van der Waals surface area contributed by atoms with Gasteiger partial charge in [0.1, 0.15) is 0 Å². The number of aryl methyl sites for hydroxylation is 1. The number of hydrogen-bond acceptors (Lipinski definition) is 3. The number of aliphatic hydroxyl groups excluding tert-OH is 1. The predicted molar refractivity (Wildman–Crippen MR) is 106 cm³/mol. The molecule has 0 amide bonds. The Bertz CT molecular complexity index is 923. The molecule has 2 atom stereocenters. The Morgan fingerprint density at radius 3 is 2.63 bits per heavy atom. The van der Waals surface area contributed by atoms with Crippen molar-refractivity contribution < 1.29 is 9.90 Å². The van der Waals surface area contributed by atoms with E-state index in [0.29, 0.717) is 12.0 Å². The van der Waals surface area contributed by atoms with Gasteiger partial charge < -0.3 is 5.11 Å². The van der Waals surface area contributed by atoms with Gasteiger partial charge in [-0.05, 0) is 36.3 Å². The molecular formula is C23H28N2O2. The van der Waals surface area contributed by atoms with Crippen molar-refractivity contribution in [2.75, 3.05) is 0 Å². The van der Waals surface area contributed by atoms with Gasteiger partial charge in [0.15, 0.2) is 5.78 Å². The fourth-order valence-corrected chi connectivity index (χ4v) is 5.62. The molecule has 1 heterocycles. The van der Waals surface area contributed by atoms with Gasteiger partial charge in [-0.3, -0.25) is 9.48 Å². The summed E-state index contributed by atoms with van der Waals surface area (Å²) in [6.07, 6.45) is 4.39. The van der Waals surface area contributed by atoms with Crippen LogP contribution in [0.3, 0.4) is 0 Å². The standard InChI is InChI=1S/C23H28N2O2/c1-22(2)19-11-10-17-18(12-15-8-6-5-7-9-15)25(4)24-20(17)23(19,3)13-16(14-26)21(22)27/h5-9,14,19,26H,10-13H2,1-4H3/b16-14-/t19-,23-/m0/s1. The summed E-state index contributed by atoms with van der Waals surface area (Å²) in [6, 6.07) is 10.5. The van der Waals surface area contributed by atoms with Gasteiger partial charge in [0, 0.05) is 35.6 Å². The highest BCUT2D eigenvalue weighted by Gasteiger charge is 2.57. The molecular weight excluding hydrogens is 336 g/mol. The van der Waals surface area contributed by atoms with Crippen LogP contribution in [-0.4, -0.2) is 20.7 Å². The third-order valence-corrected chi connectivity index (χ3v) is 6.94. The van der Waals surface area contributed by atoms with Gasteiger partial charge in [-0.25, -0.2) is 0 Å². The first-order chi connectivity index (χ1) is 12.8. The Balaban J connectivity index is 1.81. The van der Waals surface area contributed by atoms with E-state index in [2.05, 4.69) is 31.2 Å². The zero-order chi connectivity index (χ0) is 19.4. The number of nitrogens with zero attached hydrogens (tertiary/aromatic N) is 2. The lowest BCUT2D eigenvalue weighted by Gasteiger charge is -2.52. The van der Waals surface area contributed by atoms with Crippen LogP contribution in [0.5, 0.6) is 0 Å². The molecule has 0 unspecified atom stereocenters. The van der Waals surface area contributed by atoms with Crippen molar-refractivity contribution in [3.05, 3.63) is 64.7 Å². The van der Waals surface area contributed by atoms with E-state index in [1.165, 1.54) is 16.8 Å². The number of carbonyl (C=O) groups excluding carboxylic acids is 1. The Kier molecular flexibility index (Phi) is 4.06. The molecule has 1 aromatic heterocycles. The van der Waals surface area contributed by atoms with E-state index in [0.717, 1.165) is 31.2 Å². The zero-order valence-electron chi connectivity index (χ0n) is 16.6. The van der Waals surface area contributed by atoms with E-state index in [1.54, 1.807) is 0 Å². The minimum Gasteiger partial charge on any atom is -0.515 e. The number of carbonyl (C=O) groups is 1. The molecule has 2 aromatic rings. The fraction of sp³-hybridized carbons (Fsp3) is 0.478. The second-order valence-corrected chi connectivity index (χ2v) is 8.95. The number of ketones is 1. The molecule has 27 heavy (non-hydrogen) atoms. The summed E-state index contributed by atoms with van der Waals surface area (Å²) in [6.45, 7) is 6.28. The average Bonchev–Trinajstić information content (AvgIpc) is 2.96. The van der Waals surface area contributed by atoms with Crippen LogP contribution < -0.4 is 0 Å². The Morgan fingerprint density at radius 2 is 1.96 bits per heavy atom. The maximum absolute atomic E-state index is 12.8. The Morgan fingerprint density at radius 1 is 1.26 bits per heavy atom. The molecule has 1 aromatic carbocycles. The molecule has 142 valence electrons. The third kappa shape index (κ3) is 2.57. The van der Waals surface area contributed by atoms with E-state index < -0.39 is 5.41 Å². The third-order valence-electron chi connectivity index (χ3n) is 6.94. The minimum atomic E-state index is -0.490. The summed E-state index contributed by atoms with van der Waals surface area (Å²) >= 11 is 0. The van der Waals surface area contributed by atoms with Crippen molar-refractivity contribution >= 4 is 5.78 Å². The highest BCUT2D eigenvalue weighted by Crippen LogP contribution is 2.57. The fourth-order valence-electron chi connectivity index (χ4n) is 5.62. The van der Waals surface area contributed by atoms with Gasteiger partial charge in [-0.2, -0.15) is 5.10 Å². The van der Waals surface area contributed by atoms with E-state index in [9.17, 15) is 9.90 Å². The smallest absolute Gasteiger partial charge is 0.167 e. The number of hydrogen-bond donors (Lipinski definition) is 1. The van der Waals surface area contributed by atoms with Gasteiger partial charge in [-0.1, -0.05) is 51.1 Å². The number of benzene rings is 1. The average molecular weight is 364 g/mol. The molecule has 2 aliphatic carbocycles. The van der Waals surface area contributed by atoms with Crippen LogP contribution in [0, 0.1) is 11.3 Å². The first kappa shape index (κ1) is 18.0. The lowest BCUT2D eigenvalue weighted by Crippen LogP contribution is -2.53. The minimum absolute atomic E-state index is 0.0800. The molecule has 1 fully saturated rings. The summed E-state index contributed by atoms with van der Waals surface area (Å²) in [4.78, 5) is 12.8. The SMILES string of the molecule is Cn1nc2c(c1Cc1ccccc1)CC[C@H]1C(C)(C)C(=O)/C(=C\O)C[C@]21C.